The molecule has 14 atom stereocenters. The number of carbonyl (C=O) groups is 1. The van der Waals surface area contributed by atoms with Crippen molar-refractivity contribution in [3.05, 3.63) is 53.8 Å². The van der Waals surface area contributed by atoms with E-state index in [4.69, 9.17) is 33.2 Å². The minimum Gasteiger partial charge on any atom is -0.504 e. The molecule has 0 amide bonds. The number of benzene rings is 1. The first-order chi connectivity index (χ1) is 22.5. The van der Waals surface area contributed by atoms with Crippen molar-refractivity contribution >= 4 is 12.0 Å². The van der Waals surface area contributed by atoms with Gasteiger partial charge in [0.1, 0.15) is 36.6 Å². The van der Waals surface area contributed by atoms with E-state index in [1.165, 1.54) is 44.6 Å². The second kappa shape index (κ2) is 15.0. The minimum atomic E-state index is -1.69. The molecule has 0 spiro atoms. The molecule has 3 aliphatic heterocycles. The van der Waals surface area contributed by atoms with E-state index in [0.29, 0.717) is 11.1 Å². The van der Waals surface area contributed by atoms with Crippen LogP contribution < -0.4 is 4.74 Å². The van der Waals surface area contributed by atoms with Crippen LogP contribution in [0.25, 0.3) is 6.08 Å². The van der Waals surface area contributed by atoms with Gasteiger partial charge in [-0.15, -0.1) is 0 Å². The van der Waals surface area contributed by atoms with Gasteiger partial charge in [0.15, 0.2) is 30.2 Å². The Balaban J connectivity index is 1.30. The van der Waals surface area contributed by atoms with E-state index >= 15 is 0 Å². The number of phenols is 1. The molecule has 0 radical (unpaired) electrons. The van der Waals surface area contributed by atoms with Gasteiger partial charge in [-0.2, -0.15) is 0 Å². The molecule has 16 heteroatoms. The molecule has 2 saturated heterocycles. The Labute approximate surface area is 269 Å². The second-order valence-electron chi connectivity index (χ2n) is 11.6. The van der Waals surface area contributed by atoms with Gasteiger partial charge >= 0.3 is 5.97 Å². The van der Waals surface area contributed by atoms with E-state index in [9.17, 15) is 45.6 Å². The lowest BCUT2D eigenvalue weighted by Crippen LogP contribution is -2.60. The molecule has 1 aromatic carbocycles. The van der Waals surface area contributed by atoms with Crippen LogP contribution in [0.5, 0.6) is 11.5 Å². The summed E-state index contributed by atoms with van der Waals surface area (Å²) in [6.45, 7) is 0.389. The van der Waals surface area contributed by atoms with Gasteiger partial charge in [-0.25, -0.2) is 4.79 Å². The van der Waals surface area contributed by atoms with Crippen LogP contribution in [0.4, 0.5) is 0 Å². The molecule has 1 aliphatic carbocycles. The maximum absolute atomic E-state index is 12.8. The molecule has 1 unspecified atom stereocenters. The number of methoxy groups -OCH3 is 1. The summed E-state index contributed by atoms with van der Waals surface area (Å²) >= 11 is 0. The summed E-state index contributed by atoms with van der Waals surface area (Å²) in [5.41, 5.74) is 0.910. The predicted octanol–water partition coefficient (Wildman–Crippen LogP) is -1.97. The summed E-state index contributed by atoms with van der Waals surface area (Å²) in [5, 5.41) is 81.7. The van der Waals surface area contributed by atoms with Crippen LogP contribution in [0, 0.1) is 11.8 Å². The summed E-state index contributed by atoms with van der Waals surface area (Å²) in [5.74, 6) is -2.09. The first-order valence-electron chi connectivity index (χ1n) is 15.0. The average Bonchev–Trinajstić information content (AvgIpc) is 3.43. The van der Waals surface area contributed by atoms with Gasteiger partial charge in [0.05, 0.1) is 44.7 Å². The van der Waals surface area contributed by atoms with Gasteiger partial charge < -0.3 is 74.0 Å². The fourth-order valence-electron chi connectivity index (χ4n) is 6.01. The molecular formula is C31H40O16. The molecule has 4 aliphatic rings. The smallest absolute Gasteiger partial charge is 0.331 e. The van der Waals surface area contributed by atoms with Crippen LogP contribution >= 0.6 is 0 Å². The molecule has 0 saturated carbocycles. The number of esters is 1. The molecule has 2 fully saturated rings. The Morgan fingerprint density at radius 3 is 2.40 bits per heavy atom. The first kappa shape index (κ1) is 35.2. The number of aliphatic hydroxyl groups excluding tert-OH is 7. The van der Waals surface area contributed by atoms with E-state index < -0.39 is 105 Å². The van der Waals surface area contributed by atoms with Gasteiger partial charge in [0, 0.05) is 12.0 Å². The fourth-order valence-corrected chi connectivity index (χ4v) is 6.01. The number of rotatable bonds is 10. The molecule has 5 rings (SSSR count). The van der Waals surface area contributed by atoms with Crippen molar-refractivity contribution in [3.8, 4) is 11.5 Å². The second-order valence-corrected chi connectivity index (χ2v) is 11.6. The summed E-state index contributed by atoms with van der Waals surface area (Å²) in [6.07, 6.45) is -9.53. The van der Waals surface area contributed by atoms with Crippen molar-refractivity contribution in [2.45, 2.75) is 80.7 Å². The van der Waals surface area contributed by atoms with Crippen molar-refractivity contribution in [3.63, 3.8) is 0 Å². The van der Waals surface area contributed by atoms with Crippen LogP contribution in [0.2, 0.25) is 0 Å². The highest BCUT2D eigenvalue weighted by Crippen LogP contribution is 2.43. The van der Waals surface area contributed by atoms with Gasteiger partial charge in [0.25, 0.3) is 0 Å². The van der Waals surface area contributed by atoms with Gasteiger partial charge in [-0.1, -0.05) is 12.1 Å². The summed E-state index contributed by atoms with van der Waals surface area (Å²) in [6, 6.07) is 4.42. The lowest BCUT2D eigenvalue weighted by atomic mass is 9.88. The zero-order valence-electron chi connectivity index (χ0n) is 25.5. The van der Waals surface area contributed by atoms with E-state index in [0.717, 1.165) is 6.08 Å². The first-order valence-corrected chi connectivity index (χ1v) is 15.0. The number of hydrogen-bond acceptors (Lipinski definition) is 16. The highest BCUT2D eigenvalue weighted by molar-refractivity contribution is 5.87. The van der Waals surface area contributed by atoms with E-state index in [-0.39, 0.29) is 11.5 Å². The number of ether oxygens (including phenoxy) is 7. The van der Waals surface area contributed by atoms with Crippen LogP contribution in [-0.2, 0) is 33.2 Å². The van der Waals surface area contributed by atoms with Gasteiger partial charge in [-0.3, -0.25) is 0 Å². The lowest BCUT2D eigenvalue weighted by Gasteiger charge is -2.43. The Morgan fingerprint density at radius 2 is 1.70 bits per heavy atom. The van der Waals surface area contributed by atoms with Gasteiger partial charge in [0.2, 0.25) is 6.29 Å². The molecule has 47 heavy (non-hydrogen) atoms. The van der Waals surface area contributed by atoms with E-state index in [1.54, 1.807) is 12.2 Å². The molecule has 3 heterocycles. The van der Waals surface area contributed by atoms with Crippen LogP contribution in [0.15, 0.2) is 48.3 Å². The largest absolute Gasteiger partial charge is 0.504 e. The third-order valence-electron chi connectivity index (χ3n) is 8.65. The molecule has 1 aromatic rings. The van der Waals surface area contributed by atoms with Crippen molar-refractivity contribution in [2.75, 3.05) is 20.3 Å². The summed E-state index contributed by atoms with van der Waals surface area (Å²) in [7, 11) is 1.38. The highest BCUT2D eigenvalue weighted by Gasteiger charge is 2.52. The molecule has 0 bridgehead atoms. The SMILES string of the molecule is COc1cc(/C=C/C(=O)O[C@H]2[C@H](O[C@@H]3C=C(CO)[C@H]4C(O[C@@H]5O[C@H](CO)[C@@H](O)[C@H](O)[C@H]5O)OC=C[C@@H]34)O[C@@H](C)[C@H](O)[C@H]2O)ccc1O. The minimum absolute atomic E-state index is 0.0866. The number of fused-ring (bicyclic) bond motifs is 1. The number of phenolic OH excluding ortho intramolecular Hbond substituents is 1. The van der Waals surface area contributed by atoms with E-state index in [1.807, 2.05) is 0 Å². The maximum atomic E-state index is 12.8. The average molecular weight is 669 g/mol. The third kappa shape index (κ3) is 7.33. The zero-order valence-corrected chi connectivity index (χ0v) is 25.5. The monoisotopic (exact) mass is 668 g/mol. The Kier molecular flexibility index (Phi) is 11.2. The van der Waals surface area contributed by atoms with Crippen LogP contribution in [0.1, 0.15) is 12.5 Å². The zero-order chi connectivity index (χ0) is 34.0. The summed E-state index contributed by atoms with van der Waals surface area (Å²) in [4.78, 5) is 12.8. The standard InChI is InChI=1S/C31H40O16/c1-13-23(36)26(39)28(46-21(35)6-4-14-3-5-17(34)19(9-14)41-2)31(43-13)44-18-10-15(11-32)22-16(18)7-8-42-29(22)47-30-27(40)25(38)24(37)20(12-33)45-30/h3-10,13,16,18,20,22-34,36-40H,11-12H2,1-2H3/b6-4+/t13-,16-,18+,20+,22+,23-,24+,25-,26+,27+,28+,29?,30-,31-/m0/s1. The Bertz CT molecular complexity index is 1330. The Hall–Kier alpha value is -3.13. The predicted molar refractivity (Wildman–Crippen MR) is 156 cm³/mol. The van der Waals surface area contributed by atoms with Crippen molar-refractivity contribution < 1.29 is 78.8 Å². The molecule has 0 aromatic heterocycles. The van der Waals surface area contributed by atoms with Crippen LogP contribution in [-0.4, -0.2) is 141 Å². The number of hydrogen-bond donors (Lipinski definition) is 8. The van der Waals surface area contributed by atoms with Crippen molar-refractivity contribution in [1.82, 2.24) is 0 Å². The molecule has 8 N–H and O–H groups in total. The third-order valence-corrected chi connectivity index (χ3v) is 8.65. The topological polar surface area (TPSA) is 244 Å². The Morgan fingerprint density at radius 1 is 0.936 bits per heavy atom. The number of aromatic hydroxyl groups is 1. The quantitative estimate of drug-likeness (QED) is 0.0766. The molecular weight excluding hydrogens is 628 g/mol. The number of aliphatic hydroxyl groups is 7. The van der Waals surface area contributed by atoms with Crippen molar-refractivity contribution in [2.24, 2.45) is 11.8 Å². The van der Waals surface area contributed by atoms with Crippen LogP contribution in [0.3, 0.4) is 0 Å². The normalized spacial score (nSPS) is 40.1. The summed E-state index contributed by atoms with van der Waals surface area (Å²) < 4.78 is 39.5. The molecule has 16 nitrogen and oxygen atoms in total. The van der Waals surface area contributed by atoms with E-state index in [2.05, 4.69) is 0 Å². The van der Waals surface area contributed by atoms with Crippen molar-refractivity contribution in [1.29, 1.82) is 0 Å². The molecule has 260 valence electrons. The number of carbonyl (C=O) groups excluding carboxylic acids is 1. The fraction of sp³-hybridized carbons (Fsp3) is 0.581. The lowest BCUT2D eigenvalue weighted by molar-refractivity contribution is -0.341. The van der Waals surface area contributed by atoms with Gasteiger partial charge in [-0.05, 0) is 42.3 Å². The highest BCUT2D eigenvalue weighted by atomic mass is 16.8. The maximum Gasteiger partial charge on any atom is 0.331 e.